The third-order valence-corrected chi connectivity index (χ3v) is 0.817. The van der Waals surface area contributed by atoms with E-state index in [0.717, 1.165) is 5.57 Å². The molecule has 1 nitrogen and oxygen atoms in total. The Balaban J connectivity index is 4.05. The predicted octanol–water partition coefficient (Wildman–Crippen LogP) is 2.58. The summed E-state index contributed by atoms with van der Waals surface area (Å²) in [5, 5.41) is 8.74. The average molecular weight is 124 g/mol. The lowest BCUT2D eigenvalue weighted by Crippen LogP contribution is -1.71. The maximum absolute atomic E-state index is 8.74. The third-order valence-electron chi connectivity index (χ3n) is 0.817. The van der Waals surface area contributed by atoms with Crippen molar-refractivity contribution in [3.8, 4) is 0 Å². The van der Waals surface area contributed by atoms with Gasteiger partial charge >= 0.3 is 0 Å². The van der Waals surface area contributed by atoms with Gasteiger partial charge in [-0.2, -0.15) is 0 Å². The topological polar surface area (TPSA) is 20.2 Å². The monoisotopic (exact) mass is 124 g/mol. The molecule has 9 heavy (non-hydrogen) atoms. The van der Waals surface area contributed by atoms with Crippen LogP contribution in [0.4, 0.5) is 0 Å². The number of hydrogen-bond donors (Lipinski definition) is 1. The second kappa shape index (κ2) is 3.96. The van der Waals surface area contributed by atoms with Crippen LogP contribution in [0.15, 0.2) is 36.1 Å². The van der Waals surface area contributed by atoms with Gasteiger partial charge in [0.2, 0.25) is 0 Å². The highest BCUT2D eigenvalue weighted by molar-refractivity contribution is 5.21. The lowest BCUT2D eigenvalue weighted by atomic mass is 10.2. The number of allylic oxidation sites excluding steroid dienone is 5. The fourth-order valence-corrected chi connectivity index (χ4v) is 0.563. The summed E-state index contributed by atoms with van der Waals surface area (Å²) in [5.74, 6) is 0.325. The van der Waals surface area contributed by atoms with Crippen LogP contribution in [0.1, 0.15) is 13.8 Å². The molecule has 0 atom stereocenters. The van der Waals surface area contributed by atoms with Gasteiger partial charge in [-0.05, 0) is 25.5 Å². The molecule has 1 N–H and O–H groups in total. The second-order valence-electron chi connectivity index (χ2n) is 1.93. The van der Waals surface area contributed by atoms with E-state index in [-0.39, 0.29) is 0 Å². The van der Waals surface area contributed by atoms with Crippen LogP contribution < -0.4 is 0 Å². The highest BCUT2D eigenvalue weighted by atomic mass is 16.3. The molecule has 0 aliphatic carbocycles. The van der Waals surface area contributed by atoms with Crippen LogP contribution in [0.3, 0.4) is 0 Å². The Labute approximate surface area is 56.0 Å². The number of rotatable bonds is 2. The lowest BCUT2D eigenvalue weighted by molar-refractivity contribution is 0.414. The second-order valence-corrected chi connectivity index (χ2v) is 1.93. The van der Waals surface area contributed by atoms with Crippen LogP contribution >= 0.6 is 0 Å². The molecular weight excluding hydrogens is 112 g/mol. The normalized spacial score (nSPS) is 13.6. The van der Waals surface area contributed by atoms with E-state index in [2.05, 4.69) is 6.58 Å². The molecule has 0 bridgehead atoms. The van der Waals surface area contributed by atoms with Crippen molar-refractivity contribution >= 4 is 0 Å². The summed E-state index contributed by atoms with van der Waals surface area (Å²) in [6.45, 7) is 7.06. The molecule has 0 aromatic heterocycles. The summed E-state index contributed by atoms with van der Waals surface area (Å²) in [7, 11) is 0. The molecule has 0 aromatic carbocycles. The van der Waals surface area contributed by atoms with Gasteiger partial charge in [0.1, 0.15) is 0 Å². The smallest absolute Gasteiger partial charge is 0.0894 e. The molecule has 0 aromatic rings. The van der Waals surface area contributed by atoms with E-state index >= 15 is 0 Å². The number of aliphatic hydroxyl groups is 1. The van der Waals surface area contributed by atoms with E-state index in [0.29, 0.717) is 5.76 Å². The summed E-state index contributed by atoms with van der Waals surface area (Å²) in [6.07, 6.45) is 5.20. The minimum absolute atomic E-state index is 0.325. The van der Waals surface area contributed by atoms with Crippen LogP contribution in [0, 0.1) is 0 Å². The first-order chi connectivity index (χ1) is 4.16. The zero-order chi connectivity index (χ0) is 7.28. The molecule has 0 spiro atoms. The molecule has 0 radical (unpaired) electrons. The Morgan fingerprint density at radius 3 is 2.33 bits per heavy atom. The molecule has 0 saturated heterocycles. The molecule has 50 valence electrons. The molecule has 0 unspecified atom stereocenters. The maximum atomic E-state index is 8.74. The minimum Gasteiger partial charge on any atom is -0.513 e. The molecule has 0 saturated carbocycles. The van der Waals surface area contributed by atoms with Crippen molar-refractivity contribution in [2.24, 2.45) is 0 Å². The Morgan fingerprint density at radius 2 is 2.00 bits per heavy atom. The van der Waals surface area contributed by atoms with Crippen molar-refractivity contribution in [2.45, 2.75) is 13.8 Å². The van der Waals surface area contributed by atoms with Gasteiger partial charge in [-0.1, -0.05) is 18.7 Å². The zero-order valence-corrected chi connectivity index (χ0v) is 5.89. The largest absolute Gasteiger partial charge is 0.513 e. The Kier molecular flexibility index (Phi) is 3.52. The summed E-state index contributed by atoms with van der Waals surface area (Å²) in [6, 6.07) is 0. The van der Waals surface area contributed by atoms with Gasteiger partial charge in [0.05, 0.1) is 5.76 Å². The van der Waals surface area contributed by atoms with Gasteiger partial charge in [0.15, 0.2) is 0 Å². The van der Waals surface area contributed by atoms with E-state index < -0.39 is 0 Å². The standard InChI is InChI=1S/C8H12O/c1-4-5-7(2)6-8(3)9/h4-6,9H,1H2,2-3H3/b7-5-,8-6+. The third kappa shape index (κ3) is 4.88. The Hall–Kier alpha value is -0.980. The van der Waals surface area contributed by atoms with E-state index in [1.807, 2.05) is 13.0 Å². The van der Waals surface area contributed by atoms with Crippen LogP contribution in [-0.4, -0.2) is 5.11 Å². The first-order valence-electron chi connectivity index (χ1n) is 2.83. The Morgan fingerprint density at radius 1 is 1.44 bits per heavy atom. The number of hydrogen-bond acceptors (Lipinski definition) is 1. The maximum Gasteiger partial charge on any atom is 0.0894 e. The number of aliphatic hydroxyl groups excluding tert-OH is 1. The van der Waals surface area contributed by atoms with Crippen molar-refractivity contribution in [1.29, 1.82) is 0 Å². The lowest BCUT2D eigenvalue weighted by Gasteiger charge is -1.88. The summed E-state index contributed by atoms with van der Waals surface area (Å²) in [4.78, 5) is 0. The van der Waals surface area contributed by atoms with Crippen molar-refractivity contribution in [3.05, 3.63) is 36.1 Å². The van der Waals surface area contributed by atoms with E-state index in [4.69, 9.17) is 5.11 Å². The van der Waals surface area contributed by atoms with Crippen LogP contribution in [0.2, 0.25) is 0 Å². The first-order valence-corrected chi connectivity index (χ1v) is 2.83. The van der Waals surface area contributed by atoms with Crippen molar-refractivity contribution in [1.82, 2.24) is 0 Å². The molecule has 0 fully saturated rings. The first kappa shape index (κ1) is 8.02. The van der Waals surface area contributed by atoms with Crippen molar-refractivity contribution in [2.75, 3.05) is 0 Å². The summed E-state index contributed by atoms with van der Waals surface area (Å²) >= 11 is 0. The molecular formula is C8H12O. The molecule has 0 aliphatic heterocycles. The van der Waals surface area contributed by atoms with E-state index in [1.165, 1.54) is 0 Å². The predicted molar refractivity (Wildman–Crippen MR) is 40.3 cm³/mol. The highest BCUT2D eigenvalue weighted by Gasteiger charge is 1.80. The van der Waals surface area contributed by atoms with Gasteiger partial charge in [0, 0.05) is 0 Å². The fourth-order valence-electron chi connectivity index (χ4n) is 0.563. The SMILES string of the molecule is C=C/C=C(C)\C=C(/C)O. The van der Waals surface area contributed by atoms with Crippen LogP contribution in [-0.2, 0) is 0 Å². The van der Waals surface area contributed by atoms with E-state index in [1.54, 1.807) is 19.1 Å². The fraction of sp³-hybridized carbons (Fsp3) is 0.250. The van der Waals surface area contributed by atoms with Gasteiger partial charge in [-0.25, -0.2) is 0 Å². The zero-order valence-electron chi connectivity index (χ0n) is 5.89. The summed E-state index contributed by atoms with van der Waals surface area (Å²) in [5.41, 5.74) is 1.00. The van der Waals surface area contributed by atoms with Crippen LogP contribution in [0.5, 0.6) is 0 Å². The molecule has 1 heteroatoms. The minimum atomic E-state index is 0.325. The molecule has 0 rings (SSSR count). The van der Waals surface area contributed by atoms with Gasteiger partial charge in [0.25, 0.3) is 0 Å². The summed E-state index contributed by atoms with van der Waals surface area (Å²) < 4.78 is 0. The average Bonchev–Trinajstić information content (AvgIpc) is 1.63. The van der Waals surface area contributed by atoms with Gasteiger partial charge < -0.3 is 5.11 Å². The molecule has 0 heterocycles. The van der Waals surface area contributed by atoms with Crippen LogP contribution in [0.25, 0.3) is 0 Å². The Bertz CT molecular complexity index is 148. The van der Waals surface area contributed by atoms with Gasteiger partial charge in [-0.3, -0.25) is 0 Å². The van der Waals surface area contributed by atoms with Crippen molar-refractivity contribution < 1.29 is 5.11 Å². The van der Waals surface area contributed by atoms with E-state index in [9.17, 15) is 0 Å². The molecule has 0 amide bonds. The van der Waals surface area contributed by atoms with Crippen molar-refractivity contribution in [3.63, 3.8) is 0 Å². The quantitative estimate of drug-likeness (QED) is 0.443. The highest BCUT2D eigenvalue weighted by Crippen LogP contribution is 1.97. The molecule has 0 aliphatic rings. The van der Waals surface area contributed by atoms with Gasteiger partial charge in [-0.15, -0.1) is 0 Å².